The van der Waals surface area contributed by atoms with Gasteiger partial charge in [0.05, 0.1) is 13.2 Å². The van der Waals surface area contributed by atoms with Crippen LogP contribution in [0.5, 0.6) is 5.75 Å². The first kappa shape index (κ1) is 33.6. The SMILES string of the molecule is CCCCCCCCCCCCCCOc1ccc(CN(C(=O)CC)c2cccc(CC3(C)CN=CC=C3C)c2)cc1. The lowest BCUT2D eigenvalue weighted by molar-refractivity contribution is -0.118. The molecule has 0 saturated carbocycles. The van der Waals surface area contributed by atoms with Crippen molar-refractivity contribution < 1.29 is 9.53 Å². The number of amides is 1. The first-order chi connectivity index (χ1) is 20.4. The molecule has 1 aliphatic heterocycles. The zero-order valence-electron chi connectivity index (χ0n) is 27.0. The minimum atomic E-state index is 0.00996. The Hall–Kier alpha value is -2.88. The summed E-state index contributed by atoms with van der Waals surface area (Å²) in [6.45, 7) is 10.8. The van der Waals surface area contributed by atoms with Crippen LogP contribution in [0.3, 0.4) is 0 Å². The van der Waals surface area contributed by atoms with Crippen LogP contribution >= 0.6 is 0 Å². The van der Waals surface area contributed by atoms with Gasteiger partial charge in [-0.2, -0.15) is 0 Å². The Labute approximate surface area is 256 Å². The van der Waals surface area contributed by atoms with Gasteiger partial charge in [0.2, 0.25) is 5.91 Å². The zero-order chi connectivity index (χ0) is 30.0. The fraction of sp³-hybridized carbons (Fsp3) is 0.579. The summed E-state index contributed by atoms with van der Waals surface area (Å²) in [4.78, 5) is 19.5. The summed E-state index contributed by atoms with van der Waals surface area (Å²) in [6.07, 6.45) is 21.6. The lowest BCUT2D eigenvalue weighted by Gasteiger charge is -2.31. The summed E-state index contributed by atoms with van der Waals surface area (Å²) >= 11 is 0. The van der Waals surface area contributed by atoms with E-state index in [9.17, 15) is 4.79 Å². The quantitative estimate of drug-likeness (QED) is 0.148. The van der Waals surface area contributed by atoms with E-state index in [1.807, 2.05) is 36.2 Å². The molecule has 1 unspecified atom stereocenters. The van der Waals surface area contributed by atoms with Crippen LogP contribution in [0.4, 0.5) is 5.69 Å². The predicted octanol–water partition coefficient (Wildman–Crippen LogP) is 10.3. The average Bonchev–Trinajstić information content (AvgIpc) is 3.00. The Morgan fingerprint density at radius 3 is 2.12 bits per heavy atom. The Morgan fingerprint density at radius 2 is 1.50 bits per heavy atom. The molecule has 4 heteroatoms. The molecule has 1 amide bonds. The monoisotopic (exact) mass is 572 g/mol. The van der Waals surface area contributed by atoms with E-state index in [0.717, 1.165) is 43.0 Å². The lowest BCUT2D eigenvalue weighted by atomic mass is 9.76. The highest BCUT2D eigenvalue weighted by atomic mass is 16.5. The molecule has 2 aromatic carbocycles. The van der Waals surface area contributed by atoms with Crippen molar-refractivity contribution in [3.05, 3.63) is 71.3 Å². The van der Waals surface area contributed by atoms with Crippen LogP contribution in [0.1, 0.15) is 122 Å². The van der Waals surface area contributed by atoms with Crippen molar-refractivity contribution in [2.75, 3.05) is 18.1 Å². The topological polar surface area (TPSA) is 41.9 Å². The molecule has 4 nitrogen and oxygen atoms in total. The third kappa shape index (κ3) is 11.4. The van der Waals surface area contributed by atoms with Crippen molar-refractivity contribution >= 4 is 17.8 Å². The number of aliphatic imine (C=N–C) groups is 1. The second-order valence-corrected chi connectivity index (χ2v) is 12.5. The number of benzene rings is 2. The number of hydrogen-bond donors (Lipinski definition) is 0. The van der Waals surface area contributed by atoms with Gasteiger partial charge < -0.3 is 9.64 Å². The zero-order valence-corrected chi connectivity index (χ0v) is 27.0. The molecule has 1 atom stereocenters. The minimum absolute atomic E-state index is 0.00996. The van der Waals surface area contributed by atoms with Crippen molar-refractivity contribution in [2.24, 2.45) is 10.4 Å². The molecule has 0 aliphatic carbocycles. The third-order valence-electron chi connectivity index (χ3n) is 8.77. The number of ether oxygens (including phenoxy) is 1. The maximum absolute atomic E-state index is 13.0. The molecule has 1 heterocycles. The molecule has 3 rings (SSSR count). The van der Waals surface area contributed by atoms with Gasteiger partial charge in [0.1, 0.15) is 5.75 Å². The first-order valence-corrected chi connectivity index (χ1v) is 16.7. The van der Waals surface area contributed by atoms with E-state index in [1.165, 1.54) is 81.8 Å². The highest BCUT2D eigenvalue weighted by Gasteiger charge is 2.28. The number of nitrogens with zero attached hydrogens (tertiary/aromatic N) is 2. The molecule has 0 saturated heterocycles. The van der Waals surface area contributed by atoms with E-state index in [0.29, 0.717) is 13.0 Å². The van der Waals surface area contributed by atoms with E-state index in [4.69, 9.17) is 4.74 Å². The second kappa shape index (κ2) is 18.6. The smallest absolute Gasteiger partial charge is 0.227 e. The van der Waals surface area contributed by atoms with E-state index in [-0.39, 0.29) is 11.3 Å². The third-order valence-corrected chi connectivity index (χ3v) is 8.77. The van der Waals surface area contributed by atoms with Crippen molar-refractivity contribution in [3.63, 3.8) is 0 Å². The fourth-order valence-electron chi connectivity index (χ4n) is 5.75. The molecule has 0 bridgehead atoms. The van der Waals surface area contributed by atoms with Crippen LogP contribution in [-0.4, -0.2) is 25.3 Å². The number of hydrogen-bond acceptors (Lipinski definition) is 3. The molecule has 0 spiro atoms. The van der Waals surface area contributed by atoms with Crippen molar-refractivity contribution in [1.82, 2.24) is 0 Å². The number of dihydropyridines is 1. The molecule has 2 aromatic rings. The van der Waals surface area contributed by atoms with Crippen molar-refractivity contribution in [1.29, 1.82) is 0 Å². The molecular weight excluding hydrogens is 516 g/mol. The minimum Gasteiger partial charge on any atom is -0.494 e. The average molecular weight is 573 g/mol. The van der Waals surface area contributed by atoms with Crippen LogP contribution in [0, 0.1) is 5.41 Å². The Bertz CT molecular complexity index is 1120. The summed E-state index contributed by atoms with van der Waals surface area (Å²) < 4.78 is 6.02. The maximum atomic E-state index is 13.0. The molecule has 0 fully saturated rings. The van der Waals surface area contributed by atoms with Gasteiger partial charge in [-0.1, -0.05) is 121 Å². The number of allylic oxidation sites excluding steroid dienone is 1. The van der Waals surface area contributed by atoms with Gasteiger partial charge in [0.25, 0.3) is 0 Å². The summed E-state index contributed by atoms with van der Waals surface area (Å²) in [6, 6.07) is 16.7. The summed E-state index contributed by atoms with van der Waals surface area (Å²) in [5, 5.41) is 0. The molecule has 230 valence electrons. The number of carbonyl (C=O) groups excluding carboxylic acids is 1. The standard InChI is InChI=1S/C38H56N2O2/c1-5-7-8-9-10-11-12-13-14-15-16-17-27-42-36-23-21-33(22-24-36)30-40(37(41)6-2)35-20-18-19-34(28-35)29-38(4)31-39-26-25-32(38)3/h18-26,28H,5-17,27,29-31H2,1-4H3. The van der Waals surface area contributed by atoms with Gasteiger partial charge in [-0.05, 0) is 61.2 Å². The Balaban J connectivity index is 1.42. The maximum Gasteiger partial charge on any atom is 0.227 e. The molecule has 1 aliphatic rings. The van der Waals surface area contributed by atoms with Crippen LogP contribution in [0.15, 0.2) is 65.2 Å². The van der Waals surface area contributed by atoms with E-state index in [2.05, 4.69) is 62.2 Å². The van der Waals surface area contributed by atoms with Crippen LogP contribution in [0.25, 0.3) is 0 Å². The van der Waals surface area contributed by atoms with Gasteiger partial charge in [0.15, 0.2) is 0 Å². The number of rotatable bonds is 20. The van der Waals surface area contributed by atoms with Crippen LogP contribution in [0.2, 0.25) is 0 Å². The van der Waals surface area contributed by atoms with Gasteiger partial charge in [-0.3, -0.25) is 9.79 Å². The molecule has 42 heavy (non-hydrogen) atoms. The molecule has 0 aromatic heterocycles. The predicted molar refractivity (Wildman–Crippen MR) is 180 cm³/mol. The Morgan fingerprint density at radius 1 is 0.857 bits per heavy atom. The largest absolute Gasteiger partial charge is 0.494 e. The van der Waals surface area contributed by atoms with Crippen LogP contribution in [-0.2, 0) is 17.8 Å². The van der Waals surface area contributed by atoms with Crippen molar-refractivity contribution in [3.8, 4) is 5.75 Å². The van der Waals surface area contributed by atoms with Gasteiger partial charge in [-0.25, -0.2) is 0 Å². The van der Waals surface area contributed by atoms with Gasteiger partial charge in [-0.15, -0.1) is 0 Å². The molecule has 0 N–H and O–H groups in total. The van der Waals surface area contributed by atoms with E-state index < -0.39 is 0 Å². The summed E-state index contributed by atoms with van der Waals surface area (Å²) in [5.41, 5.74) is 4.65. The highest BCUT2D eigenvalue weighted by molar-refractivity contribution is 5.93. The van der Waals surface area contributed by atoms with Gasteiger partial charge in [0, 0.05) is 30.3 Å². The highest BCUT2D eigenvalue weighted by Crippen LogP contribution is 2.34. The van der Waals surface area contributed by atoms with Gasteiger partial charge >= 0.3 is 0 Å². The lowest BCUT2D eigenvalue weighted by Crippen LogP contribution is -2.30. The normalized spacial score (nSPS) is 16.3. The number of unbranched alkanes of at least 4 members (excludes halogenated alkanes) is 11. The molecule has 0 radical (unpaired) electrons. The first-order valence-electron chi connectivity index (χ1n) is 16.7. The fourth-order valence-corrected chi connectivity index (χ4v) is 5.75. The number of carbonyl (C=O) groups is 1. The van der Waals surface area contributed by atoms with Crippen LogP contribution < -0.4 is 9.64 Å². The Kier molecular flexibility index (Phi) is 14.9. The van der Waals surface area contributed by atoms with Crippen molar-refractivity contribution in [2.45, 2.75) is 124 Å². The van der Waals surface area contributed by atoms with E-state index in [1.54, 1.807) is 0 Å². The van der Waals surface area contributed by atoms with E-state index >= 15 is 0 Å². The summed E-state index contributed by atoms with van der Waals surface area (Å²) in [7, 11) is 0. The molecular formula is C38H56N2O2. The second-order valence-electron chi connectivity index (χ2n) is 12.5. The number of anilines is 1. The summed E-state index contributed by atoms with van der Waals surface area (Å²) in [5.74, 6) is 1.04.